The van der Waals surface area contributed by atoms with Gasteiger partial charge in [0.15, 0.2) is 0 Å². The number of hydrogen-bond donors (Lipinski definition) is 2. The molecule has 1 rings (SSSR count). The number of non-ortho nitro benzene ring substituents is 1. The first-order chi connectivity index (χ1) is 9.90. The van der Waals surface area contributed by atoms with Crippen LogP contribution in [0.25, 0.3) is 0 Å². The molecular formula is C14H21N3O4. The average Bonchev–Trinajstić information content (AvgIpc) is 2.43. The lowest BCUT2D eigenvalue weighted by molar-refractivity contribution is -0.385. The quantitative estimate of drug-likeness (QED) is 0.425. The number of carbonyl (C=O) groups is 1. The van der Waals surface area contributed by atoms with Gasteiger partial charge in [0.2, 0.25) is 5.91 Å². The topological polar surface area (TPSA) is 95.7 Å². The zero-order valence-electron chi connectivity index (χ0n) is 12.3. The van der Waals surface area contributed by atoms with Crippen molar-refractivity contribution in [1.82, 2.24) is 10.2 Å². The molecular weight excluding hydrogens is 274 g/mol. The summed E-state index contributed by atoms with van der Waals surface area (Å²) in [5.41, 5.74) is 0.498. The molecule has 0 aliphatic rings. The van der Waals surface area contributed by atoms with Crippen molar-refractivity contribution in [3.05, 3.63) is 39.9 Å². The first-order valence-electron chi connectivity index (χ1n) is 6.75. The average molecular weight is 295 g/mol. The van der Waals surface area contributed by atoms with Gasteiger partial charge in [-0.15, -0.1) is 0 Å². The Labute approximate surface area is 123 Å². The van der Waals surface area contributed by atoms with E-state index in [0.717, 1.165) is 6.42 Å². The van der Waals surface area contributed by atoms with Crippen LogP contribution in [-0.4, -0.2) is 47.5 Å². The third-order valence-corrected chi connectivity index (χ3v) is 3.04. The maximum absolute atomic E-state index is 10.7. The molecule has 0 aromatic heterocycles. The molecule has 0 bridgehead atoms. The smallest absolute Gasteiger partial charge is 0.269 e. The zero-order chi connectivity index (χ0) is 15.8. The van der Waals surface area contributed by atoms with Crippen LogP contribution in [0.15, 0.2) is 24.3 Å². The summed E-state index contributed by atoms with van der Waals surface area (Å²) in [5.74, 6) is -0.0608. The van der Waals surface area contributed by atoms with E-state index in [1.807, 2.05) is 11.9 Å². The van der Waals surface area contributed by atoms with Crippen LogP contribution in [0, 0.1) is 10.1 Å². The number of aliphatic hydroxyl groups is 1. The highest BCUT2D eigenvalue weighted by Crippen LogP contribution is 2.19. The second-order valence-corrected chi connectivity index (χ2v) is 4.97. The molecule has 1 unspecified atom stereocenters. The van der Waals surface area contributed by atoms with Gasteiger partial charge in [0.25, 0.3) is 5.69 Å². The normalized spacial score (nSPS) is 12.2. The Hall–Kier alpha value is -1.99. The Morgan fingerprint density at radius 3 is 2.86 bits per heavy atom. The number of nitrogens with one attached hydrogen (secondary N) is 1. The number of benzene rings is 1. The third kappa shape index (κ3) is 6.33. The van der Waals surface area contributed by atoms with Crippen molar-refractivity contribution in [3.63, 3.8) is 0 Å². The van der Waals surface area contributed by atoms with Crippen LogP contribution < -0.4 is 5.32 Å². The van der Waals surface area contributed by atoms with Crippen molar-refractivity contribution >= 4 is 11.6 Å². The highest BCUT2D eigenvalue weighted by molar-refractivity contribution is 5.72. The van der Waals surface area contributed by atoms with Gasteiger partial charge in [-0.3, -0.25) is 14.9 Å². The van der Waals surface area contributed by atoms with E-state index < -0.39 is 11.0 Å². The Morgan fingerprint density at radius 2 is 2.24 bits per heavy atom. The first-order valence-corrected chi connectivity index (χ1v) is 6.75. The molecule has 1 aromatic rings. The molecule has 7 heteroatoms. The van der Waals surface area contributed by atoms with Gasteiger partial charge in [-0.1, -0.05) is 12.1 Å². The fourth-order valence-electron chi connectivity index (χ4n) is 1.95. The van der Waals surface area contributed by atoms with E-state index in [4.69, 9.17) is 0 Å². The summed E-state index contributed by atoms with van der Waals surface area (Å²) in [6.07, 6.45) is -0.00626. The van der Waals surface area contributed by atoms with E-state index in [-0.39, 0.29) is 11.6 Å². The second kappa shape index (κ2) is 8.33. The van der Waals surface area contributed by atoms with Crippen LogP contribution in [0.3, 0.4) is 0 Å². The van der Waals surface area contributed by atoms with Crippen molar-refractivity contribution in [1.29, 1.82) is 0 Å². The fourth-order valence-corrected chi connectivity index (χ4v) is 1.95. The molecule has 21 heavy (non-hydrogen) atoms. The highest BCUT2D eigenvalue weighted by atomic mass is 16.6. The molecule has 2 N–H and O–H groups in total. The Balaban J connectivity index is 2.44. The molecule has 0 aliphatic heterocycles. The number of aliphatic hydroxyl groups excluding tert-OH is 1. The molecule has 1 aromatic carbocycles. The molecule has 116 valence electrons. The maximum Gasteiger partial charge on any atom is 0.269 e. The number of nitro groups is 1. The molecule has 0 saturated heterocycles. The van der Waals surface area contributed by atoms with Crippen LogP contribution in [0.5, 0.6) is 0 Å². The summed E-state index contributed by atoms with van der Waals surface area (Å²) in [5, 5.41) is 23.5. The van der Waals surface area contributed by atoms with Gasteiger partial charge in [0, 0.05) is 32.1 Å². The van der Waals surface area contributed by atoms with Gasteiger partial charge in [-0.05, 0) is 25.6 Å². The summed E-state index contributed by atoms with van der Waals surface area (Å²) in [6.45, 7) is 3.15. The molecule has 7 nitrogen and oxygen atoms in total. The van der Waals surface area contributed by atoms with E-state index in [1.165, 1.54) is 19.1 Å². The van der Waals surface area contributed by atoms with Crippen LogP contribution in [-0.2, 0) is 4.79 Å². The van der Waals surface area contributed by atoms with Gasteiger partial charge < -0.3 is 15.3 Å². The summed E-state index contributed by atoms with van der Waals surface area (Å²) < 4.78 is 0. The molecule has 1 amide bonds. The minimum absolute atomic E-state index is 0.0279. The van der Waals surface area contributed by atoms with E-state index in [0.29, 0.717) is 25.2 Å². The second-order valence-electron chi connectivity index (χ2n) is 4.97. The predicted octanol–water partition coefficient (Wildman–Crippen LogP) is 1.09. The number of rotatable bonds is 8. The Bertz CT molecular complexity index is 493. The lowest BCUT2D eigenvalue weighted by Crippen LogP contribution is -2.29. The molecule has 0 radical (unpaired) electrons. The van der Waals surface area contributed by atoms with Gasteiger partial charge in [-0.2, -0.15) is 0 Å². The summed E-state index contributed by atoms with van der Waals surface area (Å²) in [7, 11) is 1.86. The molecule has 0 aliphatic carbocycles. The van der Waals surface area contributed by atoms with Crippen LogP contribution >= 0.6 is 0 Å². The Kier molecular flexibility index (Phi) is 6.77. The van der Waals surface area contributed by atoms with Crippen molar-refractivity contribution in [2.45, 2.75) is 19.4 Å². The largest absolute Gasteiger partial charge is 0.387 e. The van der Waals surface area contributed by atoms with E-state index >= 15 is 0 Å². The third-order valence-electron chi connectivity index (χ3n) is 3.04. The molecule has 1 atom stereocenters. The SMILES string of the molecule is CC(=O)NCCCN(C)CC(O)c1cccc([N+](=O)[O-])c1. The number of nitro benzene ring substituents is 1. The van der Waals surface area contributed by atoms with Gasteiger partial charge in [-0.25, -0.2) is 0 Å². The van der Waals surface area contributed by atoms with Gasteiger partial charge >= 0.3 is 0 Å². The lowest BCUT2D eigenvalue weighted by Gasteiger charge is -2.20. The number of amides is 1. The highest BCUT2D eigenvalue weighted by Gasteiger charge is 2.14. The van der Waals surface area contributed by atoms with Gasteiger partial charge in [0.1, 0.15) is 0 Å². The molecule has 0 fully saturated rings. The minimum Gasteiger partial charge on any atom is -0.387 e. The van der Waals surface area contributed by atoms with Crippen LogP contribution in [0.4, 0.5) is 5.69 Å². The lowest BCUT2D eigenvalue weighted by atomic mass is 10.1. The van der Waals surface area contributed by atoms with Crippen LogP contribution in [0.2, 0.25) is 0 Å². The number of likely N-dealkylation sites (N-methyl/N-ethyl adjacent to an activating group) is 1. The first kappa shape index (κ1) is 17.1. The fraction of sp³-hybridized carbons (Fsp3) is 0.500. The van der Waals surface area contributed by atoms with Crippen molar-refractivity contribution in [3.8, 4) is 0 Å². The number of carbonyl (C=O) groups excluding carboxylic acids is 1. The van der Waals surface area contributed by atoms with Crippen molar-refractivity contribution in [2.75, 3.05) is 26.7 Å². The van der Waals surface area contributed by atoms with Crippen LogP contribution in [0.1, 0.15) is 25.0 Å². The standard InChI is InChI=1S/C14H21N3O4/c1-11(18)15-7-4-8-16(2)10-14(19)12-5-3-6-13(9-12)17(20)21/h3,5-6,9,14,19H,4,7-8,10H2,1-2H3,(H,15,18). The summed E-state index contributed by atoms with van der Waals surface area (Å²) in [6, 6.07) is 6.01. The van der Waals surface area contributed by atoms with E-state index in [9.17, 15) is 20.0 Å². The predicted molar refractivity (Wildman–Crippen MR) is 78.9 cm³/mol. The zero-order valence-corrected chi connectivity index (χ0v) is 12.3. The maximum atomic E-state index is 10.7. The van der Waals surface area contributed by atoms with E-state index in [2.05, 4.69) is 5.32 Å². The minimum atomic E-state index is -0.782. The van der Waals surface area contributed by atoms with Crippen molar-refractivity contribution in [2.24, 2.45) is 0 Å². The molecule has 0 heterocycles. The monoisotopic (exact) mass is 295 g/mol. The number of nitrogens with zero attached hydrogens (tertiary/aromatic N) is 2. The number of hydrogen-bond acceptors (Lipinski definition) is 5. The summed E-state index contributed by atoms with van der Waals surface area (Å²) >= 11 is 0. The molecule has 0 saturated carbocycles. The van der Waals surface area contributed by atoms with E-state index in [1.54, 1.807) is 12.1 Å². The molecule has 0 spiro atoms. The van der Waals surface area contributed by atoms with Gasteiger partial charge in [0.05, 0.1) is 11.0 Å². The van der Waals surface area contributed by atoms with Crippen molar-refractivity contribution < 1.29 is 14.8 Å². The Morgan fingerprint density at radius 1 is 1.52 bits per heavy atom. The summed E-state index contributed by atoms with van der Waals surface area (Å²) in [4.78, 5) is 22.9.